The van der Waals surface area contributed by atoms with Gasteiger partial charge in [0.25, 0.3) is 0 Å². The Morgan fingerprint density at radius 3 is 2.57 bits per heavy atom. The normalized spacial score (nSPS) is 10.0. The van der Waals surface area contributed by atoms with Crippen molar-refractivity contribution < 1.29 is 14.6 Å². The van der Waals surface area contributed by atoms with Crippen LogP contribution in [0.25, 0.3) is 0 Å². The van der Waals surface area contributed by atoms with E-state index < -0.39 is 5.97 Å². The molecule has 0 spiro atoms. The first-order valence-corrected chi connectivity index (χ1v) is 5.38. The maximum Gasteiger partial charge on any atom is 0.308 e. The second-order valence-electron chi connectivity index (χ2n) is 2.74. The number of rotatable bonds is 1. The van der Waals surface area contributed by atoms with Crippen molar-refractivity contribution in [1.29, 1.82) is 0 Å². The van der Waals surface area contributed by atoms with Crippen LogP contribution in [0.5, 0.6) is 11.5 Å². The number of hydrogen-bond donors (Lipinski definition) is 1. The monoisotopic (exact) mass is 322 g/mol. The lowest BCUT2D eigenvalue weighted by Crippen LogP contribution is -2.03. The standard InChI is InChI=1S/C9H8Br2O3/c1-4-7(14-5(2)12)3-6(10)9(13)8(4)11/h3,13H,1-2H3. The minimum absolute atomic E-state index is 0.0957. The van der Waals surface area contributed by atoms with E-state index in [1.807, 2.05) is 0 Å². The predicted molar refractivity (Wildman–Crippen MR) is 59.6 cm³/mol. The summed E-state index contributed by atoms with van der Waals surface area (Å²) in [5.41, 5.74) is 0.681. The van der Waals surface area contributed by atoms with Gasteiger partial charge in [0, 0.05) is 12.5 Å². The van der Waals surface area contributed by atoms with Crippen LogP contribution in [0, 0.1) is 6.92 Å². The van der Waals surface area contributed by atoms with Crippen molar-refractivity contribution in [2.45, 2.75) is 13.8 Å². The van der Waals surface area contributed by atoms with Crippen LogP contribution in [0.2, 0.25) is 0 Å². The van der Waals surface area contributed by atoms with Crippen LogP contribution in [-0.2, 0) is 4.79 Å². The van der Waals surface area contributed by atoms with Crippen LogP contribution in [0.3, 0.4) is 0 Å². The molecule has 1 aromatic carbocycles. The topological polar surface area (TPSA) is 46.5 Å². The van der Waals surface area contributed by atoms with E-state index in [9.17, 15) is 9.90 Å². The minimum atomic E-state index is -0.391. The Kier molecular flexibility index (Phi) is 3.55. The van der Waals surface area contributed by atoms with E-state index in [1.54, 1.807) is 13.0 Å². The van der Waals surface area contributed by atoms with Crippen LogP contribution < -0.4 is 4.74 Å². The molecular formula is C9H8Br2O3. The summed E-state index contributed by atoms with van der Waals surface area (Å²) in [6, 6.07) is 1.55. The lowest BCUT2D eigenvalue weighted by atomic mass is 10.2. The minimum Gasteiger partial charge on any atom is -0.506 e. The number of halogens is 2. The fourth-order valence-corrected chi connectivity index (χ4v) is 2.02. The van der Waals surface area contributed by atoms with Gasteiger partial charge in [0.05, 0.1) is 8.95 Å². The van der Waals surface area contributed by atoms with Crippen LogP contribution in [0.4, 0.5) is 0 Å². The first-order chi connectivity index (χ1) is 6.43. The Balaban J connectivity index is 3.25. The van der Waals surface area contributed by atoms with Crippen molar-refractivity contribution >= 4 is 37.8 Å². The molecule has 1 rings (SSSR count). The molecule has 0 aliphatic carbocycles. The molecule has 3 nitrogen and oxygen atoms in total. The Morgan fingerprint density at radius 1 is 1.50 bits per heavy atom. The highest BCUT2D eigenvalue weighted by atomic mass is 79.9. The van der Waals surface area contributed by atoms with Gasteiger partial charge in [-0.1, -0.05) is 0 Å². The van der Waals surface area contributed by atoms with Crippen molar-refractivity contribution in [1.82, 2.24) is 0 Å². The fraction of sp³-hybridized carbons (Fsp3) is 0.222. The number of esters is 1. The molecule has 1 aromatic rings. The molecule has 0 aromatic heterocycles. The van der Waals surface area contributed by atoms with Gasteiger partial charge in [-0.05, 0) is 44.8 Å². The van der Waals surface area contributed by atoms with Gasteiger partial charge in [0.15, 0.2) is 0 Å². The second kappa shape index (κ2) is 4.31. The highest BCUT2D eigenvalue weighted by molar-refractivity contribution is 9.11. The maximum atomic E-state index is 10.8. The lowest BCUT2D eigenvalue weighted by Gasteiger charge is -2.09. The number of ether oxygens (including phenoxy) is 1. The molecule has 0 fully saturated rings. The van der Waals surface area contributed by atoms with Gasteiger partial charge >= 0.3 is 5.97 Å². The third-order valence-electron chi connectivity index (χ3n) is 1.64. The summed E-state index contributed by atoms with van der Waals surface area (Å²) in [6.07, 6.45) is 0. The molecule has 76 valence electrons. The summed E-state index contributed by atoms with van der Waals surface area (Å²) in [4.78, 5) is 10.8. The van der Waals surface area contributed by atoms with Crippen molar-refractivity contribution in [3.05, 3.63) is 20.6 Å². The quantitative estimate of drug-likeness (QED) is 0.638. The van der Waals surface area contributed by atoms with Gasteiger partial charge < -0.3 is 9.84 Å². The van der Waals surface area contributed by atoms with Gasteiger partial charge in [-0.25, -0.2) is 0 Å². The summed E-state index contributed by atoms with van der Waals surface area (Å²) in [5.74, 6) is 0.130. The van der Waals surface area contributed by atoms with Crippen molar-refractivity contribution in [2.75, 3.05) is 0 Å². The van der Waals surface area contributed by atoms with Crippen molar-refractivity contribution in [3.8, 4) is 11.5 Å². The van der Waals surface area contributed by atoms with E-state index in [2.05, 4.69) is 31.9 Å². The van der Waals surface area contributed by atoms with Crippen molar-refractivity contribution in [3.63, 3.8) is 0 Å². The van der Waals surface area contributed by atoms with Crippen LogP contribution in [-0.4, -0.2) is 11.1 Å². The van der Waals surface area contributed by atoms with Crippen LogP contribution in [0.15, 0.2) is 15.0 Å². The van der Waals surface area contributed by atoms with Gasteiger partial charge in [0.1, 0.15) is 11.5 Å². The third kappa shape index (κ3) is 2.27. The van der Waals surface area contributed by atoms with E-state index in [1.165, 1.54) is 6.92 Å². The smallest absolute Gasteiger partial charge is 0.308 e. The molecule has 0 saturated carbocycles. The third-order valence-corrected chi connectivity index (χ3v) is 3.22. The Bertz CT molecular complexity index is 388. The molecule has 0 saturated heterocycles. The SMILES string of the molecule is CC(=O)Oc1cc(Br)c(O)c(Br)c1C. The highest BCUT2D eigenvalue weighted by Gasteiger charge is 2.13. The largest absolute Gasteiger partial charge is 0.506 e. The first kappa shape index (κ1) is 11.5. The summed E-state index contributed by atoms with van der Waals surface area (Å²) >= 11 is 6.35. The molecule has 0 bridgehead atoms. The Labute approximate surface area is 98.3 Å². The Hall–Kier alpha value is -0.550. The van der Waals surface area contributed by atoms with E-state index in [0.717, 1.165) is 0 Å². The zero-order valence-electron chi connectivity index (χ0n) is 7.60. The average molecular weight is 324 g/mol. The van der Waals surface area contributed by atoms with Crippen LogP contribution in [0.1, 0.15) is 12.5 Å². The molecule has 5 heteroatoms. The maximum absolute atomic E-state index is 10.8. The number of hydrogen-bond acceptors (Lipinski definition) is 3. The van der Waals surface area contributed by atoms with E-state index in [-0.39, 0.29) is 5.75 Å². The number of benzene rings is 1. The number of carbonyl (C=O) groups is 1. The summed E-state index contributed by atoms with van der Waals surface area (Å²) in [6.45, 7) is 3.07. The van der Waals surface area contributed by atoms with Crippen molar-refractivity contribution in [2.24, 2.45) is 0 Å². The number of carbonyl (C=O) groups excluding carboxylic acids is 1. The fourth-order valence-electron chi connectivity index (χ4n) is 0.943. The number of phenols is 1. The highest BCUT2D eigenvalue weighted by Crippen LogP contribution is 2.39. The van der Waals surface area contributed by atoms with E-state index >= 15 is 0 Å². The summed E-state index contributed by atoms with van der Waals surface area (Å²) in [7, 11) is 0. The van der Waals surface area contributed by atoms with E-state index in [0.29, 0.717) is 20.3 Å². The molecule has 0 amide bonds. The zero-order valence-corrected chi connectivity index (χ0v) is 10.8. The molecule has 14 heavy (non-hydrogen) atoms. The van der Waals surface area contributed by atoms with Gasteiger partial charge in [0.2, 0.25) is 0 Å². The second-order valence-corrected chi connectivity index (χ2v) is 4.39. The molecule has 0 aliphatic heterocycles. The first-order valence-electron chi connectivity index (χ1n) is 3.79. The molecule has 0 unspecified atom stereocenters. The van der Waals surface area contributed by atoms with Crippen LogP contribution >= 0.6 is 31.9 Å². The van der Waals surface area contributed by atoms with Gasteiger partial charge in [-0.3, -0.25) is 4.79 Å². The molecule has 0 aliphatic rings. The average Bonchev–Trinajstić information content (AvgIpc) is 2.10. The molecular weight excluding hydrogens is 316 g/mol. The van der Waals surface area contributed by atoms with Gasteiger partial charge in [-0.15, -0.1) is 0 Å². The summed E-state index contributed by atoms with van der Waals surface area (Å²) in [5, 5.41) is 9.51. The predicted octanol–water partition coefficient (Wildman–Crippen LogP) is 3.15. The lowest BCUT2D eigenvalue weighted by molar-refractivity contribution is -0.131. The van der Waals surface area contributed by atoms with Gasteiger partial charge in [-0.2, -0.15) is 0 Å². The number of phenolic OH excluding ortho intramolecular Hbond substituents is 1. The number of aromatic hydroxyl groups is 1. The molecule has 0 atom stereocenters. The Morgan fingerprint density at radius 2 is 2.07 bits per heavy atom. The van der Waals surface area contributed by atoms with E-state index in [4.69, 9.17) is 4.74 Å². The molecule has 0 heterocycles. The summed E-state index contributed by atoms with van der Waals surface area (Å²) < 4.78 is 5.95. The molecule has 0 radical (unpaired) electrons. The zero-order chi connectivity index (χ0) is 10.9. The molecule has 1 N–H and O–H groups in total.